The third-order valence-corrected chi connectivity index (χ3v) is 5.71. The zero-order valence-electron chi connectivity index (χ0n) is 13.7. The van der Waals surface area contributed by atoms with Gasteiger partial charge in [0.2, 0.25) is 0 Å². The summed E-state index contributed by atoms with van der Waals surface area (Å²) >= 11 is 0. The molecule has 0 aromatic heterocycles. The van der Waals surface area contributed by atoms with Gasteiger partial charge < -0.3 is 14.0 Å². The number of phenols is 1. The molecule has 2 aliphatic heterocycles. The first-order valence-corrected chi connectivity index (χ1v) is 9.40. The molecule has 0 radical (unpaired) electrons. The van der Waals surface area contributed by atoms with Crippen LogP contribution < -0.4 is 4.18 Å². The molecule has 2 heterocycles. The van der Waals surface area contributed by atoms with E-state index in [2.05, 4.69) is 15.2 Å². The Labute approximate surface area is 146 Å². The monoisotopic (exact) mass is 365 g/mol. The lowest BCUT2D eigenvalue weighted by Gasteiger charge is -2.48. The van der Waals surface area contributed by atoms with Crippen molar-refractivity contribution in [1.82, 2.24) is 4.90 Å². The molecule has 0 saturated carbocycles. The van der Waals surface area contributed by atoms with E-state index in [0.717, 1.165) is 36.2 Å². The Balaban J connectivity index is 1.89. The fraction of sp³-hybridized carbons (Fsp3) is 0.412. The van der Waals surface area contributed by atoms with Gasteiger partial charge in [-0.25, -0.2) is 0 Å². The third-order valence-electron chi connectivity index (χ3n) is 5.32. The maximum atomic E-state index is 11.1. The molecular weight excluding hydrogens is 346 g/mol. The standard InChI is InChI=1S/C17H19NO6S/c1-23-13-3-2-12-5-7-18-6-4-11-8-15(19)16(24-25(20,21)22)9-14(11)17(12,18)10-13/h2-3,5,8-9,13,19H,4,6-7,10H2,1H3,(H,20,21,22)/t13-,17-/m0/s1. The van der Waals surface area contributed by atoms with Gasteiger partial charge in [0.25, 0.3) is 0 Å². The first-order valence-electron chi connectivity index (χ1n) is 8.03. The van der Waals surface area contributed by atoms with Gasteiger partial charge in [-0.3, -0.25) is 9.45 Å². The molecule has 0 unspecified atom stereocenters. The summed E-state index contributed by atoms with van der Waals surface area (Å²) in [4.78, 5) is 2.33. The van der Waals surface area contributed by atoms with Crippen molar-refractivity contribution in [2.75, 3.05) is 20.2 Å². The van der Waals surface area contributed by atoms with Crippen LogP contribution in [0.15, 0.2) is 35.9 Å². The average Bonchev–Trinajstić information content (AvgIpc) is 2.93. The Bertz CT molecular complexity index is 891. The van der Waals surface area contributed by atoms with E-state index < -0.39 is 15.9 Å². The largest absolute Gasteiger partial charge is 0.504 e. The van der Waals surface area contributed by atoms with Crippen LogP contribution in [0.25, 0.3) is 0 Å². The van der Waals surface area contributed by atoms with Gasteiger partial charge in [0.1, 0.15) is 0 Å². The number of hydrogen-bond acceptors (Lipinski definition) is 6. The van der Waals surface area contributed by atoms with Gasteiger partial charge in [-0.15, -0.1) is 0 Å². The second-order valence-electron chi connectivity index (χ2n) is 6.54. The minimum Gasteiger partial charge on any atom is -0.504 e. The van der Waals surface area contributed by atoms with Crippen molar-refractivity contribution in [3.8, 4) is 11.5 Å². The molecule has 7 nitrogen and oxygen atoms in total. The van der Waals surface area contributed by atoms with Crippen LogP contribution in [0.5, 0.6) is 11.5 Å². The Hall–Kier alpha value is -1.87. The van der Waals surface area contributed by atoms with Crippen molar-refractivity contribution in [3.05, 3.63) is 47.1 Å². The highest BCUT2D eigenvalue weighted by Crippen LogP contribution is 2.52. The van der Waals surface area contributed by atoms with Crippen LogP contribution >= 0.6 is 0 Å². The molecule has 0 bridgehead atoms. The fourth-order valence-electron chi connectivity index (χ4n) is 4.26. The van der Waals surface area contributed by atoms with Crippen LogP contribution in [0, 0.1) is 0 Å². The second kappa shape index (κ2) is 5.57. The van der Waals surface area contributed by atoms with Crippen LogP contribution in [0.2, 0.25) is 0 Å². The van der Waals surface area contributed by atoms with Gasteiger partial charge in [-0.2, -0.15) is 8.42 Å². The Morgan fingerprint density at radius 1 is 1.36 bits per heavy atom. The first kappa shape index (κ1) is 16.6. The van der Waals surface area contributed by atoms with Crippen LogP contribution in [-0.4, -0.2) is 49.3 Å². The van der Waals surface area contributed by atoms with Crippen molar-refractivity contribution in [2.24, 2.45) is 0 Å². The van der Waals surface area contributed by atoms with Gasteiger partial charge in [0.15, 0.2) is 11.5 Å². The molecule has 1 aromatic carbocycles. The number of fused-ring (bicyclic) bond motifs is 1. The molecule has 134 valence electrons. The number of ether oxygens (including phenoxy) is 1. The molecule has 2 N–H and O–H groups in total. The van der Waals surface area contributed by atoms with Crippen molar-refractivity contribution in [1.29, 1.82) is 0 Å². The summed E-state index contributed by atoms with van der Waals surface area (Å²) in [5.41, 5.74) is 2.51. The third kappa shape index (κ3) is 2.56. The maximum absolute atomic E-state index is 11.1. The fourth-order valence-corrected chi connectivity index (χ4v) is 4.62. The van der Waals surface area contributed by atoms with Crippen LogP contribution in [0.1, 0.15) is 17.5 Å². The summed E-state index contributed by atoms with van der Waals surface area (Å²) in [5.74, 6) is -0.577. The molecular formula is C17H19NO6S. The topological polar surface area (TPSA) is 96.3 Å². The van der Waals surface area contributed by atoms with E-state index in [-0.39, 0.29) is 17.6 Å². The molecule has 2 atom stereocenters. The molecule has 3 aliphatic rings. The van der Waals surface area contributed by atoms with Crippen molar-refractivity contribution in [2.45, 2.75) is 24.5 Å². The van der Waals surface area contributed by atoms with Crippen LogP contribution in [0.3, 0.4) is 0 Å². The molecule has 25 heavy (non-hydrogen) atoms. The second-order valence-corrected chi connectivity index (χ2v) is 7.56. The molecule has 0 saturated heterocycles. The number of rotatable bonds is 3. The van der Waals surface area contributed by atoms with Gasteiger partial charge >= 0.3 is 10.4 Å². The summed E-state index contributed by atoms with van der Waals surface area (Å²) < 4.78 is 41.3. The lowest BCUT2D eigenvalue weighted by Crippen LogP contribution is -2.51. The van der Waals surface area contributed by atoms with Crippen LogP contribution in [-0.2, 0) is 27.1 Å². The molecule has 1 aromatic rings. The molecule has 8 heteroatoms. The smallest absolute Gasteiger partial charge is 0.446 e. The van der Waals surface area contributed by atoms with E-state index in [4.69, 9.17) is 9.29 Å². The summed E-state index contributed by atoms with van der Waals surface area (Å²) in [6.07, 6.45) is 7.58. The zero-order chi connectivity index (χ0) is 17.8. The Morgan fingerprint density at radius 3 is 2.88 bits per heavy atom. The summed E-state index contributed by atoms with van der Waals surface area (Å²) in [6, 6.07) is 3.05. The zero-order valence-corrected chi connectivity index (χ0v) is 14.5. The van der Waals surface area contributed by atoms with E-state index in [9.17, 15) is 13.5 Å². The quantitative estimate of drug-likeness (QED) is 0.785. The van der Waals surface area contributed by atoms with Crippen molar-refractivity contribution >= 4 is 10.4 Å². The molecule has 1 spiro atoms. The Morgan fingerprint density at radius 2 is 2.16 bits per heavy atom. The number of aromatic hydroxyl groups is 1. The summed E-state index contributed by atoms with van der Waals surface area (Å²) in [6.45, 7) is 1.63. The predicted molar refractivity (Wildman–Crippen MR) is 89.9 cm³/mol. The number of benzene rings is 1. The van der Waals surface area contributed by atoms with Gasteiger partial charge in [-0.1, -0.05) is 18.2 Å². The van der Waals surface area contributed by atoms with E-state index in [1.54, 1.807) is 7.11 Å². The lowest BCUT2D eigenvalue weighted by atomic mass is 9.71. The molecule has 1 aliphatic carbocycles. The Kier molecular flexibility index (Phi) is 3.69. The normalized spacial score (nSPS) is 28.1. The first-order chi connectivity index (χ1) is 11.8. The summed E-state index contributed by atoms with van der Waals surface area (Å²) in [5, 5.41) is 10.1. The summed E-state index contributed by atoms with van der Waals surface area (Å²) in [7, 11) is -3.06. The maximum Gasteiger partial charge on any atom is 0.446 e. The van der Waals surface area contributed by atoms with Gasteiger partial charge in [0.05, 0.1) is 11.6 Å². The number of phenolic OH excluding ortho intramolecular Hbond substituents is 1. The lowest BCUT2D eigenvalue weighted by molar-refractivity contribution is 0.0514. The van der Waals surface area contributed by atoms with E-state index >= 15 is 0 Å². The van der Waals surface area contributed by atoms with Crippen molar-refractivity contribution in [3.63, 3.8) is 0 Å². The van der Waals surface area contributed by atoms with Gasteiger partial charge in [-0.05, 0) is 35.3 Å². The highest BCUT2D eigenvalue weighted by atomic mass is 32.3. The minimum absolute atomic E-state index is 0.0663. The molecule has 4 rings (SSSR count). The highest BCUT2D eigenvalue weighted by molar-refractivity contribution is 7.81. The van der Waals surface area contributed by atoms with Gasteiger partial charge in [0, 0.05) is 26.6 Å². The SMILES string of the molecule is CO[C@H]1C=CC2=CCN3CCc4cc(O)c(OS(=O)(=O)O)cc4[C@]23C1. The minimum atomic E-state index is -4.72. The average molecular weight is 365 g/mol. The number of hydrogen-bond donors (Lipinski definition) is 2. The predicted octanol–water partition coefficient (Wildman–Crippen LogP) is 1.54. The molecule has 0 fully saturated rings. The number of methoxy groups -OCH3 is 1. The van der Waals surface area contributed by atoms with Crippen LogP contribution in [0.4, 0.5) is 0 Å². The van der Waals surface area contributed by atoms with E-state index in [1.165, 1.54) is 12.1 Å². The van der Waals surface area contributed by atoms with E-state index in [1.807, 2.05) is 12.2 Å². The van der Waals surface area contributed by atoms with Crippen molar-refractivity contribution < 1.29 is 27.0 Å². The molecule has 0 amide bonds. The number of nitrogens with zero attached hydrogens (tertiary/aromatic N) is 1. The highest BCUT2D eigenvalue weighted by Gasteiger charge is 2.50. The van der Waals surface area contributed by atoms with E-state index in [0.29, 0.717) is 6.42 Å².